The summed E-state index contributed by atoms with van der Waals surface area (Å²) in [6, 6.07) is 3.15. The summed E-state index contributed by atoms with van der Waals surface area (Å²) in [7, 11) is 0. The summed E-state index contributed by atoms with van der Waals surface area (Å²) >= 11 is 0. The van der Waals surface area contributed by atoms with E-state index in [0.29, 0.717) is 5.71 Å². The third-order valence-corrected chi connectivity index (χ3v) is 3.04. The van der Waals surface area contributed by atoms with Crippen LogP contribution in [0.1, 0.15) is 33.3 Å². The van der Waals surface area contributed by atoms with E-state index in [4.69, 9.17) is 0 Å². The number of nitrogens with zero attached hydrogens (tertiary/aromatic N) is 1. The highest BCUT2D eigenvalue weighted by molar-refractivity contribution is 6.42. The maximum atomic E-state index is 13.3. The molecule has 1 N–H and O–H groups in total. The summed E-state index contributed by atoms with van der Waals surface area (Å²) in [5.41, 5.74) is -0.881. The van der Waals surface area contributed by atoms with E-state index in [9.17, 15) is 13.6 Å². The Bertz CT molecular complexity index is 555. The Labute approximate surface area is 110 Å². The van der Waals surface area contributed by atoms with Crippen LogP contribution in [0.3, 0.4) is 0 Å². The van der Waals surface area contributed by atoms with E-state index in [1.807, 2.05) is 20.8 Å². The van der Waals surface area contributed by atoms with Crippen LogP contribution in [0.25, 0.3) is 0 Å². The molecule has 102 valence electrons. The van der Waals surface area contributed by atoms with Gasteiger partial charge in [-0.2, -0.15) is 0 Å². The van der Waals surface area contributed by atoms with E-state index in [0.717, 1.165) is 6.07 Å². The molecule has 1 amide bonds. The Balaban J connectivity index is 2.50. The van der Waals surface area contributed by atoms with E-state index in [1.54, 1.807) is 6.92 Å². The van der Waals surface area contributed by atoms with Crippen molar-refractivity contribution in [2.24, 2.45) is 10.4 Å². The van der Waals surface area contributed by atoms with Gasteiger partial charge in [0, 0.05) is 17.0 Å². The van der Waals surface area contributed by atoms with E-state index >= 15 is 0 Å². The molecule has 0 saturated carbocycles. The molecular weight excluding hydrogens is 250 g/mol. The Kier molecular flexibility index (Phi) is 2.96. The standard InChI is InChI=1S/C14H16F2N2O/c1-13(2,3)11-12(19)18-14(4,17-11)8-5-9(15)7-10(16)6-8/h5-7H,1-4H3,(H,18,19)/t14-/m1/s1. The quantitative estimate of drug-likeness (QED) is 0.834. The average Bonchev–Trinajstić information content (AvgIpc) is 2.54. The molecule has 3 nitrogen and oxygen atoms in total. The number of benzene rings is 1. The largest absolute Gasteiger partial charge is 0.323 e. The van der Waals surface area contributed by atoms with Crippen molar-refractivity contribution < 1.29 is 13.6 Å². The molecule has 1 heterocycles. The molecule has 5 heteroatoms. The first-order valence-electron chi connectivity index (χ1n) is 6.01. The van der Waals surface area contributed by atoms with Crippen molar-refractivity contribution in [1.29, 1.82) is 0 Å². The summed E-state index contributed by atoms with van der Waals surface area (Å²) < 4.78 is 26.6. The average molecular weight is 266 g/mol. The van der Waals surface area contributed by atoms with E-state index in [2.05, 4.69) is 10.3 Å². The van der Waals surface area contributed by atoms with Crippen molar-refractivity contribution in [3.05, 3.63) is 35.4 Å². The Morgan fingerprint density at radius 3 is 2.11 bits per heavy atom. The number of aliphatic imine (C=N–C) groups is 1. The second-order valence-electron chi connectivity index (χ2n) is 5.89. The molecule has 0 radical (unpaired) electrons. The zero-order valence-corrected chi connectivity index (χ0v) is 11.3. The van der Waals surface area contributed by atoms with Crippen molar-refractivity contribution in [3.8, 4) is 0 Å². The maximum Gasteiger partial charge on any atom is 0.267 e. The van der Waals surface area contributed by atoms with Crippen LogP contribution in [0.4, 0.5) is 8.78 Å². The van der Waals surface area contributed by atoms with Gasteiger partial charge in [0.1, 0.15) is 17.3 Å². The van der Waals surface area contributed by atoms with Gasteiger partial charge < -0.3 is 5.32 Å². The summed E-state index contributed by atoms with van der Waals surface area (Å²) in [5, 5.41) is 2.68. The molecule has 1 aliphatic heterocycles. The number of halogens is 2. The fourth-order valence-electron chi connectivity index (χ4n) is 2.06. The number of amides is 1. The number of carbonyl (C=O) groups is 1. The lowest BCUT2D eigenvalue weighted by Crippen LogP contribution is -2.39. The fourth-order valence-corrected chi connectivity index (χ4v) is 2.06. The van der Waals surface area contributed by atoms with Gasteiger partial charge in [0.25, 0.3) is 5.91 Å². The Morgan fingerprint density at radius 1 is 1.16 bits per heavy atom. The van der Waals surface area contributed by atoms with Gasteiger partial charge in [0.05, 0.1) is 0 Å². The van der Waals surface area contributed by atoms with Gasteiger partial charge in [-0.05, 0) is 19.1 Å². The van der Waals surface area contributed by atoms with Crippen LogP contribution in [-0.4, -0.2) is 11.6 Å². The summed E-state index contributed by atoms with van der Waals surface area (Å²) in [6.45, 7) is 7.22. The van der Waals surface area contributed by atoms with Crippen LogP contribution in [-0.2, 0) is 10.5 Å². The van der Waals surface area contributed by atoms with E-state index in [-0.39, 0.29) is 11.5 Å². The van der Waals surface area contributed by atoms with Crippen molar-refractivity contribution in [1.82, 2.24) is 5.32 Å². The molecule has 0 bridgehead atoms. The minimum Gasteiger partial charge on any atom is -0.323 e. The van der Waals surface area contributed by atoms with Crippen molar-refractivity contribution in [3.63, 3.8) is 0 Å². The highest BCUT2D eigenvalue weighted by atomic mass is 19.1. The minimum atomic E-state index is -1.12. The van der Waals surface area contributed by atoms with Crippen LogP contribution in [0.2, 0.25) is 0 Å². The second kappa shape index (κ2) is 4.11. The van der Waals surface area contributed by atoms with Gasteiger partial charge in [-0.25, -0.2) is 8.78 Å². The lowest BCUT2D eigenvalue weighted by atomic mass is 9.90. The lowest BCUT2D eigenvalue weighted by molar-refractivity contribution is -0.115. The first-order valence-corrected chi connectivity index (χ1v) is 6.01. The van der Waals surface area contributed by atoms with E-state index in [1.165, 1.54) is 12.1 Å². The summed E-state index contributed by atoms with van der Waals surface area (Å²) in [6.07, 6.45) is 0. The van der Waals surface area contributed by atoms with Crippen molar-refractivity contribution in [2.45, 2.75) is 33.4 Å². The SMILES string of the molecule is CC(C)(C)C1=N[C@@](C)(c2cc(F)cc(F)c2)NC1=O. The molecule has 0 saturated heterocycles. The predicted octanol–water partition coefficient (Wildman–Crippen LogP) is 2.75. The lowest BCUT2D eigenvalue weighted by Gasteiger charge is -2.21. The van der Waals surface area contributed by atoms with Gasteiger partial charge in [0.2, 0.25) is 0 Å². The molecule has 0 aliphatic carbocycles. The molecule has 1 aromatic rings. The zero-order valence-electron chi connectivity index (χ0n) is 11.3. The molecular formula is C14H16F2N2O. The molecule has 0 unspecified atom stereocenters. The van der Waals surface area contributed by atoms with Gasteiger partial charge in [-0.3, -0.25) is 9.79 Å². The number of hydrogen-bond acceptors (Lipinski definition) is 2. The number of rotatable bonds is 1. The first-order chi connectivity index (χ1) is 8.62. The third-order valence-electron chi connectivity index (χ3n) is 3.04. The Hall–Kier alpha value is -1.78. The number of nitrogens with one attached hydrogen (secondary N) is 1. The third kappa shape index (κ3) is 2.50. The fraction of sp³-hybridized carbons (Fsp3) is 0.429. The zero-order chi connectivity index (χ0) is 14.4. The first kappa shape index (κ1) is 13.6. The predicted molar refractivity (Wildman–Crippen MR) is 68.7 cm³/mol. The van der Waals surface area contributed by atoms with Crippen LogP contribution in [0, 0.1) is 17.0 Å². The van der Waals surface area contributed by atoms with Crippen LogP contribution >= 0.6 is 0 Å². The van der Waals surface area contributed by atoms with Gasteiger partial charge in [0.15, 0.2) is 5.66 Å². The molecule has 2 rings (SSSR count). The highest BCUT2D eigenvalue weighted by Crippen LogP contribution is 2.32. The van der Waals surface area contributed by atoms with Crippen molar-refractivity contribution >= 4 is 11.6 Å². The number of carbonyl (C=O) groups excluding carboxylic acids is 1. The smallest absolute Gasteiger partial charge is 0.267 e. The van der Waals surface area contributed by atoms with E-state index < -0.39 is 22.7 Å². The molecule has 0 spiro atoms. The van der Waals surface area contributed by atoms with Gasteiger partial charge >= 0.3 is 0 Å². The van der Waals surface area contributed by atoms with Gasteiger partial charge in [-0.1, -0.05) is 20.8 Å². The summed E-state index contributed by atoms with van der Waals surface area (Å²) in [4.78, 5) is 16.3. The highest BCUT2D eigenvalue weighted by Gasteiger charge is 2.41. The van der Waals surface area contributed by atoms with Crippen LogP contribution in [0.5, 0.6) is 0 Å². The van der Waals surface area contributed by atoms with Crippen LogP contribution in [0.15, 0.2) is 23.2 Å². The molecule has 1 aliphatic rings. The minimum absolute atomic E-state index is 0.289. The molecule has 0 aromatic heterocycles. The van der Waals surface area contributed by atoms with Crippen LogP contribution < -0.4 is 5.32 Å². The summed E-state index contributed by atoms with van der Waals surface area (Å²) in [5.74, 6) is -1.69. The number of hydrogen-bond donors (Lipinski definition) is 1. The Morgan fingerprint density at radius 2 is 1.68 bits per heavy atom. The molecule has 0 fully saturated rings. The topological polar surface area (TPSA) is 41.5 Å². The molecule has 19 heavy (non-hydrogen) atoms. The maximum absolute atomic E-state index is 13.3. The molecule has 1 aromatic carbocycles. The van der Waals surface area contributed by atoms with Crippen molar-refractivity contribution in [2.75, 3.05) is 0 Å². The normalized spacial score (nSPS) is 23.3. The second-order valence-corrected chi connectivity index (χ2v) is 5.89. The molecule has 1 atom stereocenters. The monoisotopic (exact) mass is 266 g/mol. The van der Waals surface area contributed by atoms with Gasteiger partial charge in [-0.15, -0.1) is 0 Å².